The second-order valence-corrected chi connectivity index (χ2v) is 5.32. The van der Waals surface area contributed by atoms with Gasteiger partial charge in [-0.15, -0.1) is 0 Å². The van der Waals surface area contributed by atoms with Crippen molar-refractivity contribution < 1.29 is 4.74 Å². The van der Waals surface area contributed by atoms with E-state index in [-0.39, 0.29) is 0 Å². The highest BCUT2D eigenvalue weighted by Gasteiger charge is 2.11. The molecule has 0 fully saturated rings. The zero-order chi connectivity index (χ0) is 13.5. The molecule has 1 N–H and O–H groups in total. The fourth-order valence-corrected chi connectivity index (χ4v) is 2.30. The Hall–Kier alpha value is -0.570. The van der Waals surface area contributed by atoms with E-state index in [1.807, 2.05) is 13.1 Å². The number of benzene rings is 1. The molecule has 1 aromatic carbocycles. The minimum Gasteiger partial charge on any atom is -0.382 e. The van der Waals surface area contributed by atoms with Gasteiger partial charge in [0.05, 0.1) is 6.10 Å². The van der Waals surface area contributed by atoms with E-state index in [0.29, 0.717) is 12.1 Å². The maximum absolute atomic E-state index is 6.27. The fraction of sp³-hybridized carbons (Fsp3) is 0.600. The molecule has 2 nitrogen and oxygen atoms in total. The fourth-order valence-electron chi connectivity index (χ4n) is 1.99. The van der Waals surface area contributed by atoms with E-state index in [4.69, 9.17) is 16.3 Å². The molecule has 0 spiro atoms. The lowest BCUT2D eigenvalue weighted by molar-refractivity contribution is 0.106. The summed E-state index contributed by atoms with van der Waals surface area (Å²) in [5, 5.41) is 4.23. The van der Waals surface area contributed by atoms with Gasteiger partial charge in [-0.2, -0.15) is 0 Å². The number of methoxy groups -OCH3 is 1. The van der Waals surface area contributed by atoms with Crippen LogP contribution in [0.25, 0.3) is 0 Å². The summed E-state index contributed by atoms with van der Waals surface area (Å²) in [6.45, 7) is 4.16. The molecular formula is C15H24ClNO. The van der Waals surface area contributed by atoms with E-state index < -0.39 is 0 Å². The Balaban J connectivity index is 2.56. The summed E-state index contributed by atoms with van der Waals surface area (Å²) in [4.78, 5) is 0. The van der Waals surface area contributed by atoms with Crippen molar-refractivity contribution in [2.45, 2.75) is 45.3 Å². The lowest BCUT2D eigenvalue weighted by atomic mass is 9.99. The third kappa shape index (κ3) is 4.97. The molecule has 2 atom stereocenters. The molecule has 0 heterocycles. The molecule has 1 rings (SSSR count). The molecule has 102 valence electrons. The second kappa shape index (κ2) is 7.78. The molecule has 0 saturated heterocycles. The number of aryl methyl sites for hydroxylation is 1. The van der Waals surface area contributed by atoms with Gasteiger partial charge in [-0.1, -0.05) is 23.7 Å². The minimum atomic E-state index is 0.314. The summed E-state index contributed by atoms with van der Waals surface area (Å²) in [5.41, 5.74) is 2.42. The zero-order valence-electron chi connectivity index (χ0n) is 11.8. The highest BCUT2D eigenvalue weighted by atomic mass is 35.5. The summed E-state index contributed by atoms with van der Waals surface area (Å²) in [6, 6.07) is 6.72. The van der Waals surface area contributed by atoms with Gasteiger partial charge >= 0.3 is 0 Å². The van der Waals surface area contributed by atoms with Crippen molar-refractivity contribution in [2.75, 3.05) is 14.2 Å². The predicted molar refractivity (Wildman–Crippen MR) is 78.4 cm³/mol. The predicted octanol–water partition coefficient (Wildman–Crippen LogP) is 3.59. The van der Waals surface area contributed by atoms with Crippen LogP contribution in [0, 0.1) is 6.92 Å². The van der Waals surface area contributed by atoms with Gasteiger partial charge in [-0.25, -0.2) is 0 Å². The number of nitrogens with one attached hydrogen (secondary N) is 1. The number of hydrogen-bond acceptors (Lipinski definition) is 2. The van der Waals surface area contributed by atoms with Crippen molar-refractivity contribution in [3.05, 3.63) is 34.3 Å². The molecule has 2 unspecified atom stereocenters. The number of rotatable bonds is 7. The molecule has 0 saturated carbocycles. The van der Waals surface area contributed by atoms with Crippen LogP contribution < -0.4 is 5.32 Å². The number of hydrogen-bond donors (Lipinski definition) is 1. The molecule has 3 heteroatoms. The Morgan fingerprint density at radius 2 is 2.06 bits per heavy atom. The summed E-state index contributed by atoms with van der Waals surface area (Å²) >= 11 is 6.27. The van der Waals surface area contributed by atoms with E-state index in [1.54, 1.807) is 7.11 Å². The quantitative estimate of drug-likeness (QED) is 0.817. The van der Waals surface area contributed by atoms with Gasteiger partial charge in [0, 0.05) is 18.2 Å². The standard InChI is InChI=1S/C15H24ClNO/c1-11-5-7-13(15(16)9-11)10-14(17-3)8-6-12(2)18-4/h5,7,9,12,14,17H,6,8,10H2,1-4H3. The Bertz CT molecular complexity index is 368. The highest BCUT2D eigenvalue weighted by molar-refractivity contribution is 6.31. The molecule has 0 aromatic heterocycles. The van der Waals surface area contributed by atoms with Gasteiger partial charge in [-0.05, 0) is 57.4 Å². The van der Waals surface area contributed by atoms with Crippen molar-refractivity contribution >= 4 is 11.6 Å². The molecular weight excluding hydrogens is 246 g/mol. The van der Waals surface area contributed by atoms with Crippen LogP contribution >= 0.6 is 11.6 Å². The van der Waals surface area contributed by atoms with Crippen molar-refractivity contribution in [1.29, 1.82) is 0 Å². The number of likely N-dealkylation sites (N-methyl/N-ethyl adjacent to an activating group) is 1. The molecule has 18 heavy (non-hydrogen) atoms. The van der Waals surface area contributed by atoms with E-state index in [0.717, 1.165) is 24.3 Å². The highest BCUT2D eigenvalue weighted by Crippen LogP contribution is 2.20. The van der Waals surface area contributed by atoms with E-state index in [9.17, 15) is 0 Å². The molecule has 0 aliphatic heterocycles. The summed E-state index contributed by atoms with van der Waals surface area (Å²) in [7, 11) is 3.76. The third-order valence-electron chi connectivity index (χ3n) is 3.41. The maximum atomic E-state index is 6.27. The van der Waals surface area contributed by atoms with Gasteiger partial charge in [0.25, 0.3) is 0 Å². The van der Waals surface area contributed by atoms with Gasteiger partial charge in [0.2, 0.25) is 0 Å². The first kappa shape index (κ1) is 15.5. The van der Waals surface area contributed by atoms with Crippen LogP contribution in [-0.4, -0.2) is 26.3 Å². The van der Waals surface area contributed by atoms with Crippen LogP contribution in [0.2, 0.25) is 5.02 Å². The molecule has 0 bridgehead atoms. The molecule has 0 amide bonds. The van der Waals surface area contributed by atoms with Crippen molar-refractivity contribution in [1.82, 2.24) is 5.32 Å². The Kier molecular flexibility index (Phi) is 6.69. The Morgan fingerprint density at radius 3 is 2.61 bits per heavy atom. The summed E-state index contributed by atoms with van der Waals surface area (Å²) in [6.07, 6.45) is 3.43. The smallest absolute Gasteiger partial charge is 0.0543 e. The SMILES string of the molecule is CNC(CCC(C)OC)Cc1ccc(C)cc1Cl. The molecule has 0 aliphatic rings. The van der Waals surface area contributed by atoms with E-state index in [2.05, 4.69) is 31.3 Å². The maximum Gasteiger partial charge on any atom is 0.0543 e. The van der Waals surface area contributed by atoms with Gasteiger partial charge in [0.15, 0.2) is 0 Å². The Morgan fingerprint density at radius 1 is 1.33 bits per heavy atom. The summed E-state index contributed by atoms with van der Waals surface area (Å²) in [5.74, 6) is 0. The lowest BCUT2D eigenvalue weighted by Crippen LogP contribution is -2.28. The lowest BCUT2D eigenvalue weighted by Gasteiger charge is -2.19. The van der Waals surface area contributed by atoms with E-state index in [1.165, 1.54) is 11.1 Å². The van der Waals surface area contributed by atoms with Crippen LogP contribution in [0.3, 0.4) is 0 Å². The van der Waals surface area contributed by atoms with Gasteiger partial charge in [0.1, 0.15) is 0 Å². The first-order valence-corrected chi connectivity index (χ1v) is 6.89. The first-order valence-electron chi connectivity index (χ1n) is 6.52. The molecule has 0 aliphatic carbocycles. The monoisotopic (exact) mass is 269 g/mol. The topological polar surface area (TPSA) is 21.3 Å². The van der Waals surface area contributed by atoms with Crippen molar-refractivity contribution in [3.8, 4) is 0 Å². The molecule has 1 aromatic rings. The zero-order valence-corrected chi connectivity index (χ0v) is 12.6. The van der Waals surface area contributed by atoms with Crippen LogP contribution in [0.1, 0.15) is 30.9 Å². The average Bonchev–Trinajstić information content (AvgIpc) is 2.36. The Labute approximate surface area is 116 Å². The average molecular weight is 270 g/mol. The summed E-state index contributed by atoms with van der Waals surface area (Å²) < 4.78 is 5.28. The molecule has 0 radical (unpaired) electrons. The van der Waals surface area contributed by atoms with Gasteiger partial charge < -0.3 is 10.1 Å². The number of halogens is 1. The first-order chi connectivity index (χ1) is 8.56. The van der Waals surface area contributed by atoms with E-state index >= 15 is 0 Å². The van der Waals surface area contributed by atoms with Crippen LogP contribution in [0.5, 0.6) is 0 Å². The van der Waals surface area contributed by atoms with Crippen molar-refractivity contribution in [3.63, 3.8) is 0 Å². The largest absolute Gasteiger partial charge is 0.382 e. The van der Waals surface area contributed by atoms with Gasteiger partial charge in [-0.3, -0.25) is 0 Å². The third-order valence-corrected chi connectivity index (χ3v) is 3.76. The minimum absolute atomic E-state index is 0.314. The van der Waals surface area contributed by atoms with Crippen LogP contribution in [0.4, 0.5) is 0 Å². The van der Waals surface area contributed by atoms with Crippen molar-refractivity contribution in [2.24, 2.45) is 0 Å². The second-order valence-electron chi connectivity index (χ2n) is 4.91. The van der Waals surface area contributed by atoms with Crippen LogP contribution in [0.15, 0.2) is 18.2 Å². The van der Waals surface area contributed by atoms with Crippen LogP contribution in [-0.2, 0) is 11.2 Å². The normalized spacial score (nSPS) is 14.5. The number of ether oxygens (including phenoxy) is 1.